The summed E-state index contributed by atoms with van der Waals surface area (Å²) < 4.78 is 13.7. The van der Waals surface area contributed by atoms with E-state index in [1.807, 2.05) is 0 Å². The number of carbonyl (C=O) groups excluding carboxylic acids is 1. The predicted molar refractivity (Wildman–Crippen MR) is 72.6 cm³/mol. The SMILES string of the molecule is CC(=O)NC(CNc1cc(F)c(Br)cc1C)C(=O)O. The van der Waals surface area contributed by atoms with Crippen molar-refractivity contribution in [1.29, 1.82) is 0 Å². The molecule has 1 amide bonds. The van der Waals surface area contributed by atoms with E-state index in [0.717, 1.165) is 5.56 Å². The Morgan fingerprint density at radius 3 is 2.63 bits per heavy atom. The summed E-state index contributed by atoms with van der Waals surface area (Å²) in [5, 5.41) is 14.0. The third-order valence-corrected chi connectivity index (χ3v) is 3.05. The molecule has 0 bridgehead atoms. The van der Waals surface area contributed by atoms with Crippen LogP contribution in [0, 0.1) is 12.7 Å². The lowest BCUT2D eigenvalue weighted by molar-refractivity contribution is -0.141. The molecular weight excluding hydrogens is 319 g/mol. The Bertz CT molecular complexity index is 508. The molecule has 1 aromatic rings. The normalized spacial score (nSPS) is 11.8. The Hall–Kier alpha value is -1.63. The second kappa shape index (κ2) is 6.51. The number of benzene rings is 1. The largest absolute Gasteiger partial charge is 0.480 e. The van der Waals surface area contributed by atoms with E-state index in [2.05, 4.69) is 26.6 Å². The number of carbonyl (C=O) groups is 2. The minimum Gasteiger partial charge on any atom is -0.480 e. The van der Waals surface area contributed by atoms with E-state index < -0.39 is 23.7 Å². The molecule has 0 saturated carbocycles. The molecule has 104 valence electrons. The van der Waals surface area contributed by atoms with Crippen LogP contribution in [0.4, 0.5) is 10.1 Å². The molecule has 0 aliphatic carbocycles. The van der Waals surface area contributed by atoms with Crippen molar-refractivity contribution in [3.63, 3.8) is 0 Å². The number of carboxylic acids is 1. The molecule has 0 heterocycles. The van der Waals surface area contributed by atoms with Gasteiger partial charge in [0.25, 0.3) is 0 Å². The smallest absolute Gasteiger partial charge is 0.328 e. The number of anilines is 1. The number of aryl methyl sites for hydroxylation is 1. The fraction of sp³-hybridized carbons (Fsp3) is 0.333. The van der Waals surface area contributed by atoms with Crippen LogP contribution in [0.2, 0.25) is 0 Å². The fourth-order valence-corrected chi connectivity index (χ4v) is 1.95. The Balaban J connectivity index is 2.77. The Morgan fingerprint density at radius 2 is 2.11 bits per heavy atom. The monoisotopic (exact) mass is 332 g/mol. The third-order valence-electron chi connectivity index (χ3n) is 2.44. The molecule has 0 saturated heterocycles. The number of halogens is 2. The number of hydrogen-bond donors (Lipinski definition) is 3. The lowest BCUT2D eigenvalue weighted by atomic mass is 10.2. The molecular formula is C12H14BrFN2O3. The number of amides is 1. The van der Waals surface area contributed by atoms with Crippen molar-refractivity contribution >= 4 is 33.5 Å². The highest BCUT2D eigenvalue weighted by atomic mass is 79.9. The molecule has 1 atom stereocenters. The van der Waals surface area contributed by atoms with Crippen LogP contribution in [0.15, 0.2) is 16.6 Å². The first-order chi connectivity index (χ1) is 8.81. The van der Waals surface area contributed by atoms with Gasteiger partial charge in [0.2, 0.25) is 5.91 Å². The summed E-state index contributed by atoms with van der Waals surface area (Å²) >= 11 is 3.06. The average Bonchev–Trinajstić information content (AvgIpc) is 2.29. The van der Waals surface area contributed by atoms with Crippen LogP contribution in [0.5, 0.6) is 0 Å². The summed E-state index contributed by atoms with van der Waals surface area (Å²) in [6, 6.07) is 1.79. The quantitative estimate of drug-likeness (QED) is 0.769. The predicted octanol–water partition coefficient (Wildman–Crippen LogP) is 1.90. The summed E-state index contributed by atoms with van der Waals surface area (Å²) in [5.41, 5.74) is 1.25. The number of carboxylic acid groups (broad SMARTS) is 1. The molecule has 3 N–H and O–H groups in total. The molecule has 0 aliphatic rings. The maximum Gasteiger partial charge on any atom is 0.328 e. The number of nitrogens with one attached hydrogen (secondary N) is 2. The highest BCUT2D eigenvalue weighted by molar-refractivity contribution is 9.10. The van der Waals surface area contributed by atoms with E-state index in [9.17, 15) is 14.0 Å². The highest BCUT2D eigenvalue weighted by Gasteiger charge is 2.18. The van der Waals surface area contributed by atoms with Crippen molar-refractivity contribution in [2.24, 2.45) is 0 Å². The van der Waals surface area contributed by atoms with E-state index in [1.54, 1.807) is 13.0 Å². The molecule has 5 nitrogen and oxygen atoms in total. The summed E-state index contributed by atoms with van der Waals surface area (Å²) in [6.07, 6.45) is 0. The number of hydrogen-bond acceptors (Lipinski definition) is 3. The summed E-state index contributed by atoms with van der Waals surface area (Å²) in [4.78, 5) is 21.8. The molecule has 1 rings (SSSR count). The molecule has 19 heavy (non-hydrogen) atoms. The number of rotatable bonds is 5. The van der Waals surface area contributed by atoms with Gasteiger partial charge in [-0.3, -0.25) is 4.79 Å². The highest BCUT2D eigenvalue weighted by Crippen LogP contribution is 2.23. The van der Waals surface area contributed by atoms with Crippen LogP contribution in [0.1, 0.15) is 12.5 Å². The third kappa shape index (κ3) is 4.51. The van der Waals surface area contributed by atoms with E-state index in [0.29, 0.717) is 10.2 Å². The van der Waals surface area contributed by atoms with Crippen LogP contribution in [0.25, 0.3) is 0 Å². The lowest BCUT2D eigenvalue weighted by Gasteiger charge is -2.16. The van der Waals surface area contributed by atoms with E-state index >= 15 is 0 Å². The van der Waals surface area contributed by atoms with E-state index in [1.165, 1.54) is 13.0 Å². The molecule has 0 fully saturated rings. The van der Waals surface area contributed by atoms with Crippen LogP contribution < -0.4 is 10.6 Å². The molecule has 7 heteroatoms. The first-order valence-electron chi connectivity index (χ1n) is 5.50. The van der Waals surface area contributed by atoms with Crippen molar-refractivity contribution < 1.29 is 19.1 Å². The standard InChI is InChI=1S/C12H14BrFN2O3/c1-6-3-8(13)9(14)4-10(6)15-5-11(12(18)19)16-7(2)17/h3-4,11,15H,5H2,1-2H3,(H,16,17)(H,18,19). The van der Waals surface area contributed by atoms with Crippen LogP contribution in [-0.4, -0.2) is 29.6 Å². The second-order valence-electron chi connectivity index (χ2n) is 4.05. The molecule has 1 unspecified atom stereocenters. The van der Waals surface area contributed by atoms with Crippen molar-refractivity contribution in [1.82, 2.24) is 5.32 Å². The van der Waals surface area contributed by atoms with Gasteiger partial charge in [0.15, 0.2) is 0 Å². The van der Waals surface area contributed by atoms with Gasteiger partial charge < -0.3 is 15.7 Å². The zero-order chi connectivity index (χ0) is 14.6. The molecule has 0 aliphatic heterocycles. The van der Waals surface area contributed by atoms with Crippen molar-refractivity contribution in [2.75, 3.05) is 11.9 Å². The Labute approximate surface area is 118 Å². The summed E-state index contributed by atoms with van der Waals surface area (Å²) in [5.74, 6) is -2.04. The maximum atomic E-state index is 13.4. The zero-order valence-corrected chi connectivity index (χ0v) is 12.0. The van der Waals surface area contributed by atoms with Crippen molar-refractivity contribution in [2.45, 2.75) is 19.9 Å². The first-order valence-corrected chi connectivity index (χ1v) is 6.30. The van der Waals surface area contributed by atoms with Crippen LogP contribution in [0.3, 0.4) is 0 Å². The van der Waals surface area contributed by atoms with Gasteiger partial charge in [-0.2, -0.15) is 0 Å². The second-order valence-corrected chi connectivity index (χ2v) is 4.91. The molecule has 0 aromatic heterocycles. The Kier molecular flexibility index (Phi) is 5.29. The fourth-order valence-electron chi connectivity index (χ4n) is 1.49. The summed E-state index contributed by atoms with van der Waals surface area (Å²) in [6.45, 7) is 2.97. The van der Waals surface area contributed by atoms with E-state index in [4.69, 9.17) is 5.11 Å². The lowest BCUT2D eigenvalue weighted by Crippen LogP contribution is -2.44. The van der Waals surface area contributed by atoms with Gasteiger partial charge in [0, 0.05) is 19.2 Å². The maximum absolute atomic E-state index is 13.4. The topological polar surface area (TPSA) is 78.4 Å². The summed E-state index contributed by atoms with van der Waals surface area (Å²) in [7, 11) is 0. The average molecular weight is 333 g/mol. The van der Waals surface area contributed by atoms with Gasteiger partial charge in [0.1, 0.15) is 11.9 Å². The van der Waals surface area contributed by atoms with Crippen molar-refractivity contribution in [3.05, 3.63) is 28.0 Å². The minimum absolute atomic E-state index is 0.0309. The van der Waals surface area contributed by atoms with Gasteiger partial charge in [-0.25, -0.2) is 9.18 Å². The van der Waals surface area contributed by atoms with Gasteiger partial charge in [-0.1, -0.05) is 0 Å². The number of aliphatic carboxylic acids is 1. The first kappa shape index (κ1) is 15.4. The Morgan fingerprint density at radius 1 is 1.47 bits per heavy atom. The van der Waals surface area contributed by atoms with Crippen LogP contribution >= 0.6 is 15.9 Å². The molecule has 1 aromatic carbocycles. The van der Waals surface area contributed by atoms with Gasteiger partial charge >= 0.3 is 5.97 Å². The van der Waals surface area contributed by atoms with Gasteiger partial charge in [0.05, 0.1) is 4.47 Å². The van der Waals surface area contributed by atoms with Crippen LogP contribution in [-0.2, 0) is 9.59 Å². The molecule has 0 radical (unpaired) electrons. The molecule has 0 spiro atoms. The van der Waals surface area contributed by atoms with E-state index in [-0.39, 0.29) is 6.54 Å². The van der Waals surface area contributed by atoms with Gasteiger partial charge in [-0.15, -0.1) is 0 Å². The van der Waals surface area contributed by atoms with Crippen molar-refractivity contribution in [3.8, 4) is 0 Å². The zero-order valence-electron chi connectivity index (χ0n) is 10.5. The van der Waals surface area contributed by atoms with Gasteiger partial charge in [-0.05, 0) is 40.5 Å². The minimum atomic E-state index is -1.15.